The predicted molar refractivity (Wildman–Crippen MR) is 95.1 cm³/mol. The summed E-state index contributed by atoms with van der Waals surface area (Å²) in [4.78, 5) is 12.2. The Morgan fingerprint density at radius 1 is 1.20 bits per heavy atom. The number of hydrogen-bond acceptors (Lipinski definition) is 4. The van der Waals surface area contributed by atoms with Crippen molar-refractivity contribution in [3.05, 3.63) is 34.9 Å². The molecule has 0 radical (unpaired) electrons. The number of rotatable bonds is 5. The molecule has 1 amide bonds. The van der Waals surface area contributed by atoms with Crippen LogP contribution in [0.4, 0.5) is 0 Å². The van der Waals surface area contributed by atoms with Crippen molar-refractivity contribution >= 4 is 5.91 Å². The van der Waals surface area contributed by atoms with E-state index in [1.54, 1.807) is 0 Å². The Labute approximate surface area is 149 Å². The van der Waals surface area contributed by atoms with Gasteiger partial charge in [-0.15, -0.1) is 0 Å². The first kappa shape index (κ1) is 18.4. The average molecular weight is 347 g/mol. The van der Waals surface area contributed by atoms with Crippen LogP contribution in [0.1, 0.15) is 54.9 Å². The normalized spacial score (nSPS) is 21.4. The molecule has 1 saturated heterocycles. The van der Waals surface area contributed by atoms with Gasteiger partial charge in [-0.05, 0) is 38.2 Å². The second-order valence-electron chi connectivity index (χ2n) is 7.50. The fourth-order valence-corrected chi connectivity index (χ4v) is 3.97. The molecule has 138 valence electrons. The number of carbonyl (C=O) groups is 1. The lowest BCUT2D eigenvalue weighted by Crippen LogP contribution is -2.37. The van der Waals surface area contributed by atoms with E-state index in [-0.39, 0.29) is 18.2 Å². The van der Waals surface area contributed by atoms with Gasteiger partial charge in [0.2, 0.25) is 5.91 Å². The predicted octanol–water partition coefficient (Wildman–Crippen LogP) is 2.78. The van der Waals surface area contributed by atoms with Gasteiger partial charge in [0.1, 0.15) is 0 Å². The number of ether oxygens (including phenoxy) is 2. The second-order valence-corrected chi connectivity index (χ2v) is 7.50. The molecule has 1 saturated carbocycles. The molecule has 1 heterocycles. The molecule has 1 aliphatic carbocycles. The van der Waals surface area contributed by atoms with Crippen molar-refractivity contribution in [2.24, 2.45) is 5.92 Å². The molecule has 2 aliphatic rings. The monoisotopic (exact) mass is 347 g/mol. The number of carbonyl (C=O) groups excluding carboxylic acids is 1. The van der Waals surface area contributed by atoms with E-state index in [1.165, 1.54) is 0 Å². The summed E-state index contributed by atoms with van der Waals surface area (Å²) < 4.78 is 11.5. The van der Waals surface area contributed by atoms with Crippen LogP contribution in [0.3, 0.4) is 0 Å². The van der Waals surface area contributed by atoms with Crippen LogP contribution in [-0.4, -0.2) is 36.6 Å². The van der Waals surface area contributed by atoms with Crippen LogP contribution in [0.5, 0.6) is 0 Å². The van der Waals surface area contributed by atoms with Gasteiger partial charge >= 0.3 is 0 Å². The van der Waals surface area contributed by atoms with E-state index in [9.17, 15) is 9.90 Å². The Balaban J connectivity index is 1.42. The van der Waals surface area contributed by atoms with Crippen molar-refractivity contribution in [3.63, 3.8) is 0 Å². The molecule has 1 atom stereocenters. The van der Waals surface area contributed by atoms with Crippen molar-refractivity contribution in [2.45, 2.75) is 57.8 Å². The van der Waals surface area contributed by atoms with Crippen molar-refractivity contribution < 1.29 is 19.4 Å². The molecule has 1 aromatic rings. The number of aliphatic hydroxyl groups excluding tert-OH is 1. The Morgan fingerprint density at radius 3 is 2.40 bits per heavy atom. The van der Waals surface area contributed by atoms with Crippen molar-refractivity contribution in [1.82, 2.24) is 5.32 Å². The molecule has 25 heavy (non-hydrogen) atoms. The smallest absolute Gasteiger partial charge is 0.220 e. The summed E-state index contributed by atoms with van der Waals surface area (Å²) in [5, 5.41) is 13.2. The molecule has 5 heteroatoms. The standard InChI is InChI=1S/C20H29NO4/c1-14-9-15(2)11-17(10-14)18(22)13-21-19(23)12-16-3-5-20(6-4-16)24-7-8-25-20/h9-11,16,18,22H,3-8,12-13H2,1-2H3,(H,21,23)/t18-/m1/s1. The van der Waals surface area contributed by atoms with Gasteiger partial charge in [0.25, 0.3) is 0 Å². The zero-order valence-electron chi connectivity index (χ0n) is 15.2. The second kappa shape index (κ2) is 7.85. The number of aryl methyl sites for hydroxylation is 2. The maximum absolute atomic E-state index is 12.2. The molecule has 2 fully saturated rings. The van der Waals surface area contributed by atoms with Crippen LogP contribution < -0.4 is 5.32 Å². The highest BCUT2D eigenvalue weighted by Gasteiger charge is 2.40. The minimum atomic E-state index is -0.669. The number of benzene rings is 1. The fraction of sp³-hybridized carbons (Fsp3) is 0.650. The molecule has 1 aromatic carbocycles. The van der Waals surface area contributed by atoms with Crippen molar-refractivity contribution in [3.8, 4) is 0 Å². The van der Waals surface area contributed by atoms with E-state index in [0.717, 1.165) is 42.4 Å². The minimum Gasteiger partial charge on any atom is -0.387 e. The number of nitrogens with one attached hydrogen (secondary N) is 1. The zero-order chi connectivity index (χ0) is 17.9. The number of hydrogen-bond donors (Lipinski definition) is 2. The van der Waals surface area contributed by atoms with Crippen LogP contribution in [0.2, 0.25) is 0 Å². The van der Waals surface area contributed by atoms with Crippen molar-refractivity contribution in [1.29, 1.82) is 0 Å². The highest BCUT2D eigenvalue weighted by Crippen LogP contribution is 2.39. The van der Waals surface area contributed by atoms with Crippen LogP contribution >= 0.6 is 0 Å². The van der Waals surface area contributed by atoms with E-state index in [1.807, 2.05) is 26.0 Å². The number of aliphatic hydroxyl groups is 1. The van der Waals surface area contributed by atoms with Crippen LogP contribution in [0.15, 0.2) is 18.2 Å². The highest BCUT2D eigenvalue weighted by molar-refractivity contribution is 5.76. The van der Waals surface area contributed by atoms with Gasteiger partial charge in [-0.2, -0.15) is 0 Å². The van der Waals surface area contributed by atoms with Crippen LogP contribution in [0, 0.1) is 19.8 Å². The van der Waals surface area contributed by atoms with Crippen LogP contribution in [-0.2, 0) is 14.3 Å². The topological polar surface area (TPSA) is 67.8 Å². The third-order valence-electron chi connectivity index (χ3n) is 5.28. The molecule has 5 nitrogen and oxygen atoms in total. The van der Waals surface area contributed by atoms with Gasteiger partial charge < -0.3 is 19.9 Å². The first-order chi connectivity index (χ1) is 12.0. The minimum absolute atomic E-state index is 0.0117. The van der Waals surface area contributed by atoms with Gasteiger partial charge in [0.05, 0.1) is 19.3 Å². The molecule has 0 bridgehead atoms. The maximum Gasteiger partial charge on any atom is 0.220 e. The Kier molecular flexibility index (Phi) is 5.77. The van der Waals surface area contributed by atoms with Gasteiger partial charge in [0.15, 0.2) is 5.79 Å². The molecular weight excluding hydrogens is 318 g/mol. The summed E-state index contributed by atoms with van der Waals surface area (Å²) in [5.41, 5.74) is 3.09. The molecule has 2 N–H and O–H groups in total. The molecule has 1 aliphatic heterocycles. The van der Waals surface area contributed by atoms with E-state index in [4.69, 9.17) is 9.47 Å². The first-order valence-corrected chi connectivity index (χ1v) is 9.27. The average Bonchev–Trinajstić information content (AvgIpc) is 3.02. The summed E-state index contributed by atoms with van der Waals surface area (Å²) in [7, 11) is 0. The lowest BCUT2D eigenvalue weighted by atomic mass is 9.83. The summed E-state index contributed by atoms with van der Waals surface area (Å²) in [6.07, 6.45) is 3.49. The third-order valence-corrected chi connectivity index (χ3v) is 5.28. The highest BCUT2D eigenvalue weighted by atomic mass is 16.7. The quantitative estimate of drug-likeness (QED) is 0.859. The van der Waals surface area contributed by atoms with E-state index in [2.05, 4.69) is 11.4 Å². The van der Waals surface area contributed by atoms with Crippen molar-refractivity contribution in [2.75, 3.05) is 19.8 Å². The Hall–Kier alpha value is -1.43. The fourth-order valence-electron chi connectivity index (χ4n) is 3.97. The first-order valence-electron chi connectivity index (χ1n) is 9.27. The summed E-state index contributed by atoms with van der Waals surface area (Å²) in [5.74, 6) is 0.0149. The SMILES string of the molecule is Cc1cc(C)cc([C@H](O)CNC(=O)CC2CCC3(CC2)OCCO3)c1. The zero-order valence-corrected chi connectivity index (χ0v) is 15.2. The van der Waals surface area contributed by atoms with Gasteiger partial charge in [0, 0.05) is 25.8 Å². The van der Waals surface area contributed by atoms with Gasteiger partial charge in [-0.1, -0.05) is 29.3 Å². The molecule has 1 spiro atoms. The van der Waals surface area contributed by atoms with E-state index < -0.39 is 6.10 Å². The summed E-state index contributed by atoms with van der Waals surface area (Å²) in [6.45, 7) is 5.64. The molecule has 3 rings (SSSR count). The Morgan fingerprint density at radius 2 is 1.80 bits per heavy atom. The lowest BCUT2D eigenvalue weighted by Gasteiger charge is -2.35. The Bertz CT molecular complexity index is 579. The lowest BCUT2D eigenvalue weighted by molar-refractivity contribution is -0.183. The summed E-state index contributed by atoms with van der Waals surface area (Å²) in [6, 6.07) is 6.00. The number of amides is 1. The van der Waals surface area contributed by atoms with E-state index >= 15 is 0 Å². The van der Waals surface area contributed by atoms with Gasteiger partial charge in [-0.3, -0.25) is 4.79 Å². The third kappa shape index (κ3) is 4.81. The maximum atomic E-state index is 12.2. The largest absolute Gasteiger partial charge is 0.387 e. The molecule has 0 aromatic heterocycles. The molecule has 0 unspecified atom stereocenters. The molecular formula is C20H29NO4. The van der Waals surface area contributed by atoms with Crippen LogP contribution in [0.25, 0.3) is 0 Å². The summed E-state index contributed by atoms with van der Waals surface area (Å²) >= 11 is 0. The van der Waals surface area contributed by atoms with Gasteiger partial charge in [-0.25, -0.2) is 0 Å². The van der Waals surface area contributed by atoms with E-state index in [0.29, 0.717) is 25.6 Å².